The van der Waals surface area contributed by atoms with Crippen molar-refractivity contribution in [1.82, 2.24) is 119 Å². The molecule has 1 aromatic carbocycles. The standard InChI is InChI=1S/C19H19N5.C17H20BrN5.C17H21N5.C16H18BrN5S.C15H17BrN6.C14H17N5.CH4/c20-18-11-17(15-7-4-10-21-12-15)23-19-16(13-22-24(18)19)9-8-14-5-2-1-3-6-14;1-10-4-2-6-12(10)13-9-21-23-16(19)14(18)15(22-17(13)23)11-5-3-7-20-8-11;1-11-4-5-12(7-11)14-10-20-22-16(18)8-15(21-17(14)22)13-3-2-6-19-9-13;1-9-11(4-6-23-9)12-8-20-22-15(18)13(17)14(21-16(12)22)10-3-2-5-19-7-10;16-12-13(9-3-1-5-18-7-9)21-15-10(11-4-2-6-19-11)8-20-22(15)14(12)17;1-2-4-11-9-17-19-13(15)7-12(18-14(11)19)10-5-3-6-16-8-10;/h1-3,5-6,11,13,15,21H,4,7,10,12,20H2;4,6,9,11,20H,2-3,5,7-8,19H2,1H3;5,7-8,10,13,19H,2-4,6,9,18H2,1H3;4,6,8,10,19H,2-3,5,7,18H2,1H3;2,6,8-9,18H,1,3-5,7,17H2;7,9-10,16H,3,5-6,8,15H2,1H3;1H4. The maximum absolute atomic E-state index is 6.33. The molecule has 20 heterocycles. The number of aromatic nitrogens is 18. The number of aryl methyl sites for hydroxylation is 1. The first kappa shape index (κ1) is 93.9. The van der Waals surface area contributed by atoms with Gasteiger partial charge in [-0.25, -0.2) is 29.9 Å². The third-order valence-electron chi connectivity index (χ3n) is 26.0. The van der Waals surface area contributed by atoms with Gasteiger partial charge in [0.2, 0.25) is 0 Å². The van der Waals surface area contributed by atoms with E-state index in [9.17, 15) is 0 Å². The summed E-state index contributed by atoms with van der Waals surface area (Å²) in [6, 6.07) is 17.9. The number of aliphatic imine (C=N–C) groups is 1. The molecule has 6 unspecified atom stereocenters. The van der Waals surface area contributed by atoms with Gasteiger partial charge in [0.15, 0.2) is 33.9 Å². The number of allylic oxidation sites excluding steroid dienone is 9. The van der Waals surface area contributed by atoms with Crippen molar-refractivity contribution in [3.63, 3.8) is 0 Å². The van der Waals surface area contributed by atoms with Gasteiger partial charge in [-0.1, -0.05) is 79.3 Å². The van der Waals surface area contributed by atoms with Crippen molar-refractivity contribution >= 4 is 145 Å². The predicted octanol–water partition coefficient (Wildman–Crippen LogP) is 15.6. The van der Waals surface area contributed by atoms with Crippen LogP contribution in [0.2, 0.25) is 0 Å². The van der Waals surface area contributed by atoms with Gasteiger partial charge in [0.1, 0.15) is 34.9 Å². The third kappa shape index (κ3) is 20.3. The van der Waals surface area contributed by atoms with Crippen LogP contribution in [-0.4, -0.2) is 172 Å². The average molecular weight is 2010 g/mol. The van der Waals surface area contributed by atoms with Gasteiger partial charge in [0, 0.05) is 138 Å². The second kappa shape index (κ2) is 42.8. The highest BCUT2D eigenvalue weighted by molar-refractivity contribution is 9.11. The lowest BCUT2D eigenvalue weighted by Gasteiger charge is -2.24. The second-order valence-corrected chi connectivity index (χ2v) is 38.6. The lowest BCUT2D eigenvalue weighted by atomic mass is 9.95. The van der Waals surface area contributed by atoms with Crippen LogP contribution in [0, 0.1) is 30.6 Å². The second-order valence-electron chi connectivity index (χ2n) is 35.1. The zero-order valence-electron chi connectivity index (χ0n) is 75.3. The molecule has 2 aliphatic carbocycles. The Bertz CT molecular complexity index is 6960. The van der Waals surface area contributed by atoms with E-state index in [1.807, 2.05) is 86.3 Å². The quantitative estimate of drug-likeness (QED) is 0.0566. The molecule has 7 aliphatic heterocycles. The molecule has 0 bridgehead atoms. The molecule has 18 N–H and O–H groups in total. The first-order valence-electron chi connectivity index (χ1n) is 46.1. The Morgan fingerprint density at radius 3 is 1.25 bits per heavy atom. The van der Waals surface area contributed by atoms with Gasteiger partial charge in [-0.3, -0.25) is 4.99 Å². The maximum Gasteiger partial charge on any atom is 0.173 e. The molecule has 6 saturated heterocycles. The van der Waals surface area contributed by atoms with Gasteiger partial charge < -0.3 is 66.3 Å². The van der Waals surface area contributed by atoms with Crippen molar-refractivity contribution in [3.8, 4) is 34.8 Å². The molecule has 694 valence electrons. The van der Waals surface area contributed by atoms with Crippen LogP contribution in [0.3, 0.4) is 0 Å². The van der Waals surface area contributed by atoms with Crippen molar-refractivity contribution < 1.29 is 0 Å². The minimum Gasteiger partial charge on any atom is -0.384 e. The zero-order valence-corrected chi connectivity index (χ0v) is 80.8. The molecule has 0 spiro atoms. The Balaban J connectivity index is 0.000000112. The largest absolute Gasteiger partial charge is 0.384 e. The highest BCUT2D eigenvalue weighted by atomic mass is 79.9. The van der Waals surface area contributed by atoms with E-state index in [4.69, 9.17) is 64.3 Å². The van der Waals surface area contributed by atoms with Gasteiger partial charge in [0.25, 0.3) is 0 Å². The fraction of sp³-hybridized carbons (Fsp3) is 0.384. The van der Waals surface area contributed by atoms with Crippen molar-refractivity contribution in [3.05, 3.63) is 231 Å². The molecule has 6 atom stereocenters. The molecule has 0 amide bonds. The number of hydrogen-bond acceptors (Lipinski definition) is 26. The van der Waals surface area contributed by atoms with Crippen molar-refractivity contribution in [2.75, 3.05) is 113 Å². The van der Waals surface area contributed by atoms with E-state index in [1.54, 1.807) is 57.0 Å². The van der Waals surface area contributed by atoms with Crippen molar-refractivity contribution in [2.24, 2.45) is 4.99 Å². The minimum absolute atomic E-state index is 0. The van der Waals surface area contributed by atoms with Crippen LogP contribution in [-0.2, 0) is 0 Å². The minimum atomic E-state index is 0. The monoisotopic (exact) mass is 2010 g/mol. The number of nitrogen functional groups attached to an aromatic ring is 6. The molecular formula is C99H116Br3N31S. The number of piperidine rings is 6. The molecule has 0 saturated carbocycles. The molecule has 9 aliphatic rings. The number of benzene rings is 1. The van der Waals surface area contributed by atoms with Gasteiger partial charge in [-0.15, -0.1) is 17.3 Å². The van der Waals surface area contributed by atoms with E-state index in [0.717, 1.165) is 269 Å². The number of nitrogens with zero attached hydrogens (tertiary/aromatic N) is 19. The summed E-state index contributed by atoms with van der Waals surface area (Å²) in [5.74, 6) is 18.4. The molecule has 14 aromatic rings. The Kier molecular flexibility index (Phi) is 30.0. The summed E-state index contributed by atoms with van der Waals surface area (Å²) in [6.45, 7) is 20.4. The average Bonchev–Trinajstić information content (AvgIpc) is 1.59. The first-order chi connectivity index (χ1) is 64.9. The van der Waals surface area contributed by atoms with Crippen LogP contribution in [0.4, 0.5) is 34.9 Å². The first-order valence-corrected chi connectivity index (χ1v) is 49.3. The Labute approximate surface area is 808 Å². The van der Waals surface area contributed by atoms with Crippen LogP contribution in [0.5, 0.6) is 0 Å². The van der Waals surface area contributed by atoms with E-state index in [2.05, 4.69) is 195 Å². The fourth-order valence-corrected chi connectivity index (χ4v) is 21.3. The molecule has 23 rings (SSSR count). The van der Waals surface area contributed by atoms with Crippen LogP contribution in [0.15, 0.2) is 163 Å². The number of anilines is 6. The Hall–Kier alpha value is -11.9. The molecule has 134 heavy (non-hydrogen) atoms. The molecular weight excluding hydrogens is 1900 g/mol. The lowest BCUT2D eigenvalue weighted by molar-refractivity contribution is 0.453. The van der Waals surface area contributed by atoms with Gasteiger partial charge in [0.05, 0.1) is 107 Å². The van der Waals surface area contributed by atoms with Crippen molar-refractivity contribution in [1.29, 1.82) is 0 Å². The van der Waals surface area contributed by atoms with E-state index in [1.165, 1.54) is 64.8 Å². The van der Waals surface area contributed by atoms with E-state index in [0.29, 0.717) is 70.4 Å². The number of fused-ring (bicyclic) bond motifs is 6. The summed E-state index contributed by atoms with van der Waals surface area (Å²) in [7, 11) is 0. The fourth-order valence-electron chi connectivity index (χ4n) is 18.8. The summed E-state index contributed by atoms with van der Waals surface area (Å²) >= 11 is 12.6. The number of hydrogen-bond donors (Lipinski definition) is 12. The highest BCUT2D eigenvalue weighted by Gasteiger charge is 2.31. The molecule has 13 aromatic heterocycles. The SMILES string of the molecule is C.CC#Cc1cnn2c(N)cc(C3CCCNC3)nc12.CC1=CC(c2cnn3c(N)cc(C4CCCNC4)nc23)=CC1.CC1=CCC=C1c1cnn2c(N)c(Br)c(C3CCCNC3)nc12.Cc1sccc1-c1cnn2c(N)c(Br)c(C3CCCNC3)nc12.Nc1c(Br)c(C2CCCNC2)nc2c(C3=NC=CC3)cnn12.Nc1cc(C2CCCNC2)nc2c(C#Cc3ccccc3)cnn12. The van der Waals surface area contributed by atoms with Crippen molar-refractivity contribution in [2.45, 2.75) is 167 Å². The van der Waals surface area contributed by atoms with Gasteiger partial charge in [-0.2, -0.15) is 57.7 Å². The molecule has 0 radical (unpaired) electrons. The Morgan fingerprint density at radius 2 is 0.828 bits per heavy atom. The van der Waals surface area contributed by atoms with Crippen LogP contribution in [0.25, 0.3) is 56.2 Å². The molecule has 6 fully saturated rings. The van der Waals surface area contributed by atoms with E-state index in [-0.39, 0.29) is 7.43 Å². The van der Waals surface area contributed by atoms with Gasteiger partial charge >= 0.3 is 0 Å². The zero-order chi connectivity index (χ0) is 91.8. The lowest BCUT2D eigenvalue weighted by Crippen LogP contribution is -2.29. The summed E-state index contributed by atoms with van der Waals surface area (Å²) in [6.07, 6.45) is 40.3. The molecule has 35 heteroatoms. The Morgan fingerprint density at radius 1 is 0.418 bits per heavy atom. The predicted molar refractivity (Wildman–Crippen MR) is 549 cm³/mol. The number of nitrogens with one attached hydrogen (secondary N) is 6. The topological polar surface area (TPSA) is 422 Å². The third-order valence-corrected chi connectivity index (χ3v) is 29.3. The summed E-state index contributed by atoms with van der Waals surface area (Å²) in [5, 5.41) is 49.0. The number of thiophene rings is 1. The van der Waals surface area contributed by atoms with Crippen LogP contribution >= 0.6 is 59.1 Å². The highest BCUT2D eigenvalue weighted by Crippen LogP contribution is 2.42. The summed E-state index contributed by atoms with van der Waals surface area (Å²) in [5.41, 5.74) is 62.5. The molecule has 31 nitrogen and oxygen atoms in total. The smallest absolute Gasteiger partial charge is 0.173 e. The summed E-state index contributed by atoms with van der Waals surface area (Å²) < 4.78 is 12.8. The van der Waals surface area contributed by atoms with Gasteiger partial charge in [-0.05, 0) is 245 Å². The van der Waals surface area contributed by atoms with Crippen LogP contribution in [0.1, 0.15) is 232 Å². The number of nitrogens with two attached hydrogens (primary N) is 6. The van der Waals surface area contributed by atoms with E-state index < -0.39 is 0 Å². The summed E-state index contributed by atoms with van der Waals surface area (Å²) in [4.78, 5) is 34.9. The maximum atomic E-state index is 6.33. The number of halogens is 3. The van der Waals surface area contributed by atoms with E-state index >= 15 is 0 Å². The van der Waals surface area contributed by atoms with Crippen LogP contribution < -0.4 is 66.3 Å². The number of rotatable bonds is 10. The normalized spacial score (nSPS) is 19.9.